The number of hydrogen-bond donors (Lipinski definition) is 3. The van der Waals surface area contributed by atoms with Crippen molar-refractivity contribution in [3.8, 4) is 0 Å². The van der Waals surface area contributed by atoms with Crippen molar-refractivity contribution >= 4 is 31.8 Å². The third kappa shape index (κ3) is 5.97. The van der Waals surface area contributed by atoms with E-state index >= 15 is 0 Å². The van der Waals surface area contributed by atoms with Crippen LogP contribution in [0.3, 0.4) is 0 Å². The first-order chi connectivity index (χ1) is 10.0. The van der Waals surface area contributed by atoms with Crippen LogP contribution in [0.15, 0.2) is 24.3 Å². The first kappa shape index (κ1) is 18.4. The summed E-state index contributed by atoms with van der Waals surface area (Å²) in [4.78, 5) is 11.9. The van der Waals surface area contributed by atoms with Gasteiger partial charge in [0.2, 0.25) is 0 Å². The zero-order chi connectivity index (χ0) is 17.0. The molecule has 0 aliphatic heterocycles. The predicted molar refractivity (Wildman–Crippen MR) is 79.1 cm³/mol. The quantitative estimate of drug-likeness (QED) is 0.442. The van der Waals surface area contributed by atoms with Gasteiger partial charge in [0, 0.05) is 11.3 Å². The Balaban J connectivity index is 2.66. The van der Waals surface area contributed by atoms with Crippen LogP contribution in [0, 0.1) is 0 Å². The molecule has 4 N–H and O–H groups in total. The molecule has 0 bridgehead atoms. The molecule has 124 valence electrons. The first-order valence-electron chi connectivity index (χ1n) is 6.01. The number of nitrogens with two attached hydrogens (primary N) is 1. The Morgan fingerprint density at radius 2 is 2.00 bits per heavy atom. The molecule has 1 aromatic carbocycles. The minimum absolute atomic E-state index is 0.191. The Morgan fingerprint density at radius 1 is 1.36 bits per heavy atom. The van der Waals surface area contributed by atoms with E-state index in [0.717, 1.165) is 0 Å². The Morgan fingerprint density at radius 3 is 2.55 bits per heavy atom. The summed E-state index contributed by atoms with van der Waals surface area (Å²) in [5.41, 5.74) is 6.07. The number of anilines is 1. The highest BCUT2D eigenvalue weighted by Crippen LogP contribution is 2.08. The number of benzene rings is 1. The van der Waals surface area contributed by atoms with Crippen molar-refractivity contribution in [2.75, 3.05) is 18.1 Å². The first-order valence-corrected chi connectivity index (χ1v) is 9.09. The van der Waals surface area contributed by atoms with Crippen LogP contribution in [-0.4, -0.2) is 45.0 Å². The highest BCUT2D eigenvalue weighted by atomic mass is 32.3. The van der Waals surface area contributed by atoms with Gasteiger partial charge in [0.15, 0.2) is 9.84 Å². The summed E-state index contributed by atoms with van der Waals surface area (Å²) < 4.78 is 56.7. The minimum Gasteiger partial charge on any atom is -0.399 e. The van der Waals surface area contributed by atoms with Gasteiger partial charge >= 0.3 is 10.4 Å². The van der Waals surface area contributed by atoms with Crippen LogP contribution in [0.5, 0.6) is 0 Å². The Labute approximate surface area is 128 Å². The maximum absolute atomic E-state index is 11.9. The molecule has 0 aliphatic carbocycles. The maximum atomic E-state index is 11.9. The minimum atomic E-state index is -4.71. The highest BCUT2D eigenvalue weighted by Gasteiger charge is 2.23. The molecule has 1 rings (SSSR count). The molecular formula is C11H16N2O7S2. The van der Waals surface area contributed by atoms with E-state index in [4.69, 9.17) is 10.3 Å². The fourth-order valence-corrected chi connectivity index (χ4v) is 2.83. The van der Waals surface area contributed by atoms with Crippen molar-refractivity contribution in [2.24, 2.45) is 0 Å². The molecule has 1 unspecified atom stereocenters. The molecule has 1 atom stereocenters. The van der Waals surface area contributed by atoms with Gasteiger partial charge in [-0.25, -0.2) is 12.6 Å². The van der Waals surface area contributed by atoms with Gasteiger partial charge in [0.25, 0.3) is 5.91 Å². The molecule has 0 heterocycles. The van der Waals surface area contributed by atoms with Crippen molar-refractivity contribution in [2.45, 2.75) is 12.3 Å². The van der Waals surface area contributed by atoms with Gasteiger partial charge in [-0.15, -0.1) is 0 Å². The summed E-state index contributed by atoms with van der Waals surface area (Å²) in [7, 11) is -8.57. The van der Waals surface area contributed by atoms with Gasteiger partial charge < -0.3 is 11.1 Å². The van der Waals surface area contributed by atoms with Crippen molar-refractivity contribution in [1.29, 1.82) is 0 Å². The third-order valence-electron chi connectivity index (χ3n) is 2.62. The van der Waals surface area contributed by atoms with E-state index in [-0.39, 0.29) is 5.56 Å². The average Bonchev–Trinajstić information content (AvgIpc) is 2.36. The Kier molecular flexibility index (Phi) is 5.88. The lowest BCUT2D eigenvalue weighted by Crippen LogP contribution is -2.40. The second-order valence-electron chi connectivity index (χ2n) is 4.36. The Hall–Kier alpha value is -1.69. The number of rotatable bonds is 7. The summed E-state index contributed by atoms with van der Waals surface area (Å²) in [6, 6.07) is 5.97. The lowest BCUT2D eigenvalue weighted by molar-refractivity contribution is 0.0950. The summed E-state index contributed by atoms with van der Waals surface area (Å²) in [6.45, 7) is 0.479. The summed E-state index contributed by atoms with van der Waals surface area (Å²) >= 11 is 0. The Bertz CT molecular complexity index is 743. The van der Waals surface area contributed by atoms with Crippen LogP contribution >= 0.6 is 0 Å². The SMILES string of the molecule is CC(NC(=O)c1cccc(N)c1)S(=O)(=O)CCOS(=O)(=O)O. The topological polar surface area (TPSA) is 153 Å². The molecule has 0 radical (unpaired) electrons. The zero-order valence-corrected chi connectivity index (χ0v) is 13.2. The second-order valence-corrected chi connectivity index (χ2v) is 7.89. The number of carbonyl (C=O) groups excluding carboxylic acids is 1. The average molecular weight is 352 g/mol. The van der Waals surface area contributed by atoms with E-state index in [0.29, 0.717) is 5.69 Å². The number of nitrogen functional groups attached to an aromatic ring is 1. The molecule has 11 heteroatoms. The standard InChI is InChI=1S/C11H16N2O7S2/c1-8(21(15,16)6-5-20-22(17,18)19)13-11(14)9-3-2-4-10(12)7-9/h2-4,7-8H,5-6,12H2,1H3,(H,13,14)(H,17,18,19). The lowest BCUT2D eigenvalue weighted by Gasteiger charge is -2.14. The van der Waals surface area contributed by atoms with Crippen LogP contribution in [-0.2, 0) is 24.4 Å². The highest BCUT2D eigenvalue weighted by molar-refractivity contribution is 7.92. The molecular weight excluding hydrogens is 336 g/mol. The van der Waals surface area contributed by atoms with E-state index in [1.807, 2.05) is 0 Å². The van der Waals surface area contributed by atoms with Crippen molar-refractivity contribution in [3.05, 3.63) is 29.8 Å². The van der Waals surface area contributed by atoms with E-state index in [1.165, 1.54) is 19.1 Å². The molecule has 0 aromatic heterocycles. The number of hydrogen-bond acceptors (Lipinski definition) is 7. The third-order valence-corrected chi connectivity index (χ3v) is 5.02. The van der Waals surface area contributed by atoms with Gasteiger partial charge in [0.1, 0.15) is 5.37 Å². The monoisotopic (exact) mass is 352 g/mol. The van der Waals surface area contributed by atoms with Crippen molar-refractivity contribution in [3.63, 3.8) is 0 Å². The normalized spacial score (nSPS) is 13.5. The number of amides is 1. The van der Waals surface area contributed by atoms with Gasteiger partial charge in [-0.2, -0.15) is 8.42 Å². The molecule has 0 saturated carbocycles. The molecule has 1 aromatic rings. The largest absolute Gasteiger partial charge is 0.399 e. The molecule has 0 spiro atoms. The predicted octanol–water partition coefficient (Wildman–Crippen LogP) is -0.421. The van der Waals surface area contributed by atoms with Crippen molar-refractivity contribution < 1.29 is 30.4 Å². The zero-order valence-electron chi connectivity index (χ0n) is 11.6. The molecule has 0 fully saturated rings. The molecule has 0 aliphatic rings. The van der Waals surface area contributed by atoms with Crippen LogP contribution in [0.1, 0.15) is 17.3 Å². The number of sulfone groups is 1. The van der Waals surface area contributed by atoms with Gasteiger partial charge in [-0.1, -0.05) is 6.07 Å². The van der Waals surface area contributed by atoms with Crippen LogP contribution in [0.4, 0.5) is 5.69 Å². The molecule has 0 saturated heterocycles. The smallest absolute Gasteiger partial charge is 0.397 e. The molecule has 22 heavy (non-hydrogen) atoms. The van der Waals surface area contributed by atoms with Crippen LogP contribution in [0.2, 0.25) is 0 Å². The van der Waals surface area contributed by atoms with E-state index in [1.54, 1.807) is 12.1 Å². The van der Waals surface area contributed by atoms with Gasteiger partial charge in [-0.3, -0.25) is 9.35 Å². The van der Waals surface area contributed by atoms with Gasteiger partial charge in [0.05, 0.1) is 12.4 Å². The van der Waals surface area contributed by atoms with Crippen LogP contribution in [0.25, 0.3) is 0 Å². The maximum Gasteiger partial charge on any atom is 0.397 e. The van der Waals surface area contributed by atoms with E-state index in [2.05, 4.69) is 9.50 Å². The summed E-state index contributed by atoms with van der Waals surface area (Å²) in [5, 5.41) is 0.990. The van der Waals surface area contributed by atoms with Gasteiger partial charge in [-0.05, 0) is 25.1 Å². The van der Waals surface area contributed by atoms with Crippen molar-refractivity contribution in [1.82, 2.24) is 5.32 Å². The second kappa shape index (κ2) is 7.05. The fraction of sp³-hybridized carbons (Fsp3) is 0.364. The van der Waals surface area contributed by atoms with Crippen LogP contribution < -0.4 is 11.1 Å². The van der Waals surface area contributed by atoms with E-state index in [9.17, 15) is 21.6 Å². The van der Waals surface area contributed by atoms with E-state index < -0.39 is 43.9 Å². The molecule has 1 amide bonds. The summed E-state index contributed by atoms with van der Waals surface area (Å²) in [5.74, 6) is -1.33. The lowest BCUT2D eigenvalue weighted by atomic mass is 10.2. The molecule has 9 nitrogen and oxygen atoms in total. The summed E-state index contributed by atoms with van der Waals surface area (Å²) in [6.07, 6.45) is 0. The number of carbonyl (C=O) groups is 1. The number of nitrogens with one attached hydrogen (secondary N) is 1. The fourth-order valence-electron chi connectivity index (χ4n) is 1.47.